The molecule has 2 N–H and O–H groups in total. The lowest BCUT2D eigenvalue weighted by Crippen LogP contribution is -1.91. The number of halogens is 1. The van der Waals surface area contributed by atoms with Crippen molar-refractivity contribution >= 4 is 11.6 Å². The number of para-hydroxylation sites is 1. The number of hydrogen-bond acceptors (Lipinski definition) is 2. The Hall–Kier alpha value is -1.67. The number of hydrogen-bond donors (Lipinski definition) is 2. The van der Waals surface area contributed by atoms with E-state index in [1.165, 1.54) is 12.8 Å². The van der Waals surface area contributed by atoms with Gasteiger partial charge in [-0.1, -0.05) is 56.5 Å². The fraction of sp³-hybridized carbons (Fsp3) is 0.400. The third-order valence-electron chi connectivity index (χ3n) is 3.63. The van der Waals surface area contributed by atoms with Crippen molar-refractivity contribution in [2.45, 2.75) is 52.4 Å². The monoisotopic (exact) mass is 334 g/mol. The van der Waals surface area contributed by atoms with Crippen LogP contribution < -0.4 is 0 Å². The SMILES string of the molecule is CCCCc1cccc(CCCC)c1O.Oc1ccc(Cl)cc1. The van der Waals surface area contributed by atoms with Gasteiger partial charge in [-0.25, -0.2) is 0 Å². The zero-order valence-electron chi connectivity index (χ0n) is 14.1. The van der Waals surface area contributed by atoms with Crippen LogP contribution in [0.2, 0.25) is 5.02 Å². The molecule has 0 saturated heterocycles. The summed E-state index contributed by atoms with van der Waals surface area (Å²) in [6, 6.07) is 12.5. The highest BCUT2D eigenvalue weighted by atomic mass is 35.5. The van der Waals surface area contributed by atoms with Crippen LogP contribution in [0.3, 0.4) is 0 Å². The normalized spacial score (nSPS) is 10.0. The number of benzene rings is 2. The second kappa shape index (κ2) is 11.0. The molecule has 0 aromatic heterocycles. The van der Waals surface area contributed by atoms with Gasteiger partial charge in [0, 0.05) is 5.02 Å². The van der Waals surface area contributed by atoms with Crippen molar-refractivity contribution in [3.63, 3.8) is 0 Å². The van der Waals surface area contributed by atoms with Gasteiger partial charge >= 0.3 is 0 Å². The standard InChI is InChI=1S/C14H22O.C6H5ClO/c1-3-5-8-12-10-7-11-13(14(12)15)9-6-4-2;7-5-1-3-6(8)4-2-5/h7,10-11,15H,3-6,8-9H2,1-2H3;1-4,8H. The van der Waals surface area contributed by atoms with Crippen molar-refractivity contribution in [1.82, 2.24) is 0 Å². The first-order valence-corrected chi connectivity index (χ1v) is 8.70. The molecule has 3 heteroatoms. The topological polar surface area (TPSA) is 40.5 Å². The Morgan fingerprint density at radius 2 is 1.26 bits per heavy atom. The van der Waals surface area contributed by atoms with Crippen LogP contribution in [0, 0.1) is 0 Å². The number of phenols is 2. The van der Waals surface area contributed by atoms with E-state index in [9.17, 15) is 5.11 Å². The zero-order chi connectivity index (χ0) is 17.1. The zero-order valence-corrected chi connectivity index (χ0v) is 14.8. The molecule has 0 aliphatic heterocycles. The van der Waals surface area contributed by atoms with Gasteiger partial charge in [0.1, 0.15) is 11.5 Å². The highest BCUT2D eigenvalue weighted by Gasteiger charge is 2.05. The third kappa shape index (κ3) is 7.43. The molecule has 2 aromatic carbocycles. The Labute approximate surface area is 144 Å². The van der Waals surface area contributed by atoms with Crippen molar-refractivity contribution in [2.24, 2.45) is 0 Å². The first kappa shape index (κ1) is 19.4. The average Bonchev–Trinajstić information content (AvgIpc) is 2.56. The molecule has 0 unspecified atom stereocenters. The van der Waals surface area contributed by atoms with Gasteiger partial charge in [0.15, 0.2) is 0 Å². The van der Waals surface area contributed by atoms with Crippen LogP contribution in [0.15, 0.2) is 42.5 Å². The summed E-state index contributed by atoms with van der Waals surface area (Å²) in [4.78, 5) is 0. The number of aromatic hydroxyl groups is 2. The van der Waals surface area contributed by atoms with E-state index in [-0.39, 0.29) is 5.75 Å². The Balaban J connectivity index is 0.000000277. The number of aryl methyl sites for hydroxylation is 2. The summed E-state index contributed by atoms with van der Waals surface area (Å²) in [5, 5.41) is 19.4. The lowest BCUT2D eigenvalue weighted by Gasteiger charge is -2.08. The molecule has 0 fully saturated rings. The number of phenolic OH excluding ortho intramolecular Hbond substituents is 2. The second-order valence-corrected chi connectivity index (χ2v) is 6.04. The Morgan fingerprint density at radius 1 is 0.783 bits per heavy atom. The maximum Gasteiger partial charge on any atom is 0.121 e. The summed E-state index contributed by atoms with van der Waals surface area (Å²) in [6.45, 7) is 4.36. The minimum atomic E-state index is 0.245. The fourth-order valence-electron chi connectivity index (χ4n) is 2.22. The van der Waals surface area contributed by atoms with E-state index in [4.69, 9.17) is 16.7 Å². The molecule has 0 spiro atoms. The van der Waals surface area contributed by atoms with Gasteiger partial charge in [-0.05, 0) is 61.1 Å². The molecule has 0 bridgehead atoms. The molecule has 0 atom stereocenters. The van der Waals surface area contributed by atoms with Crippen LogP contribution in [0.1, 0.15) is 50.7 Å². The molecule has 126 valence electrons. The van der Waals surface area contributed by atoms with Crippen LogP contribution in [0.5, 0.6) is 11.5 Å². The van der Waals surface area contributed by atoms with Crippen LogP contribution in [0.4, 0.5) is 0 Å². The van der Waals surface area contributed by atoms with Crippen molar-refractivity contribution in [3.05, 3.63) is 58.6 Å². The Kier molecular flexibility index (Phi) is 9.23. The summed E-state index contributed by atoms with van der Waals surface area (Å²) in [5.74, 6) is 0.786. The van der Waals surface area contributed by atoms with E-state index < -0.39 is 0 Å². The van der Waals surface area contributed by atoms with Gasteiger partial charge in [0.25, 0.3) is 0 Å². The maximum atomic E-state index is 10.0. The van der Waals surface area contributed by atoms with Gasteiger partial charge in [0.05, 0.1) is 0 Å². The molecule has 0 heterocycles. The van der Waals surface area contributed by atoms with Gasteiger partial charge in [-0.15, -0.1) is 0 Å². The molecule has 0 aliphatic rings. The van der Waals surface area contributed by atoms with Crippen molar-refractivity contribution < 1.29 is 10.2 Å². The smallest absolute Gasteiger partial charge is 0.121 e. The lowest BCUT2D eigenvalue weighted by atomic mass is 10.0. The van der Waals surface area contributed by atoms with Gasteiger partial charge in [-0.2, -0.15) is 0 Å². The summed E-state index contributed by atoms with van der Waals surface area (Å²) in [7, 11) is 0. The van der Waals surface area contributed by atoms with Crippen LogP contribution >= 0.6 is 11.6 Å². The molecule has 2 rings (SSSR count). The summed E-state index contributed by atoms with van der Waals surface area (Å²) in [5.41, 5.74) is 2.23. The Bertz CT molecular complexity index is 517. The minimum Gasteiger partial charge on any atom is -0.508 e. The van der Waals surface area contributed by atoms with Crippen molar-refractivity contribution in [2.75, 3.05) is 0 Å². The van der Waals surface area contributed by atoms with E-state index in [0.717, 1.165) is 36.8 Å². The molecule has 0 saturated carbocycles. The number of rotatable bonds is 6. The van der Waals surface area contributed by atoms with Gasteiger partial charge in [0.2, 0.25) is 0 Å². The van der Waals surface area contributed by atoms with Crippen molar-refractivity contribution in [3.8, 4) is 11.5 Å². The molecule has 0 amide bonds. The quantitative estimate of drug-likeness (QED) is 0.667. The third-order valence-corrected chi connectivity index (χ3v) is 3.88. The molecule has 0 radical (unpaired) electrons. The molecule has 23 heavy (non-hydrogen) atoms. The molecule has 2 aromatic rings. The van der Waals surface area contributed by atoms with Gasteiger partial charge < -0.3 is 10.2 Å². The van der Waals surface area contributed by atoms with Crippen molar-refractivity contribution in [1.29, 1.82) is 0 Å². The van der Waals surface area contributed by atoms with Gasteiger partial charge in [-0.3, -0.25) is 0 Å². The summed E-state index contributed by atoms with van der Waals surface area (Å²) < 4.78 is 0. The van der Waals surface area contributed by atoms with E-state index in [1.807, 2.05) is 12.1 Å². The fourth-order valence-corrected chi connectivity index (χ4v) is 2.35. The van der Waals surface area contributed by atoms with E-state index >= 15 is 0 Å². The van der Waals surface area contributed by atoms with E-state index in [2.05, 4.69) is 19.9 Å². The average molecular weight is 335 g/mol. The molecular weight excluding hydrogens is 308 g/mol. The van der Waals surface area contributed by atoms with Crippen LogP contribution in [0.25, 0.3) is 0 Å². The van der Waals surface area contributed by atoms with Crippen LogP contribution in [-0.2, 0) is 12.8 Å². The highest BCUT2D eigenvalue weighted by molar-refractivity contribution is 6.30. The van der Waals surface area contributed by atoms with E-state index in [0.29, 0.717) is 10.8 Å². The molecular formula is C20H27ClO2. The first-order chi connectivity index (χ1) is 11.1. The Morgan fingerprint density at radius 3 is 1.65 bits per heavy atom. The molecule has 2 nitrogen and oxygen atoms in total. The molecule has 0 aliphatic carbocycles. The summed E-state index contributed by atoms with van der Waals surface area (Å²) in [6.07, 6.45) is 6.68. The first-order valence-electron chi connectivity index (χ1n) is 8.32. The predicted molar refractivity (Wildman–Crippen MR) is 98.4 cm³/mol. The summed E-state index contributed by atoms with van der Waals surface area (Å²) >= 11 is 5.50. The van der Waals surface area contributed by atoms with E-state index in [1.54, 1.807) is 24.3 Å². The second-order valence-electron chi connectivity index (χ2n) is 5.61. The van der Waals surface area contributed by atoms with Crippen LogP contribution in [-0.4, -0.2) is 10.2 Å². The predicted octanol–water partition coefficient (Wildman–Crippen LogP) is 6.12. The number of unbranched alkanes of at least 4 members (excludes halogenated alkanes) is 2. The largest absolute Gasteiger partial charge is 0.508 e. The maximum absolute atomic E-state index is 10.0. The minimum absolute atomic E-state index is 0.245. The lowest BCUT2D eigenvalue weighted by molar-refractivity contribution is 0.458. The highest BCUT2D eigenvalue weighted by Crippen LogP contribution is 2.25.